The minimum absolute atomic E-state index is 0.0321. The molecule has 0 aliphatic rings. The number of anilines is 2. The number of hydrogen-bond donors (Lipinski definition) is 1. The molecule has 4 aromatic rings. The summed E-state index contributed by atoms with van der Waals surface area (Å²) in [4.78, 5) is 27.5. The number of nitrogens with one attached hydrogen (secondary N) is 1. The van der Waals surface area contributed by atoms with Gasteiger partial charge in [-0.25, -0.2) is 4.68 Å². The summed E-state index contributed by atoms with van der Waals surface area (Å²) >= 11 is 0. The van der Waals surface area contributed by atoms with E-state index in [-0.39, 0.29) is 11.8 Å². The second-order valence-electron chi connectivity index (χ2n) is 8.20. The molecule has 2 amide bonds. The first-order chi connectivity index (χ1) is 16.5. The Hall–Kier alpha value is -4.19. The molecule has 172 valence electrons. The number of hydrogen-bond acceptors (Lipinski definition) is 3. The zero-order chi connectivity index (χ0) is 24.1. The molecule has 3 aromatic carbocycles. The molecule has 0 aliphatic carbocycles. The first-order valence-electron chi connectivity index (χ1n) is 11.3. The maximum atomic E-state index is 12.9. The van der Waals surface area contributed by atoms with Gasteiger partial charge in [0.15, 0.2) is 0 Å². The number of para-hydroxylation sites is 1. The van der Waals surface area contributed by atoms with Crippen molar-refractivity contribution in [2.75, 3.05) is 16.8 Å². The number of amides is 2. The molecule has 34 heavy (non-hydrogen) atoms. The Morgan fingerprint density at radius 2 is 1.68 bits per heavy atom. The van der Waals surface area contributed by atoms with E-state index in [0.717, 1.165) is 28.2 Å². The van der Waals surface area contributed by atoms with E-state index in [9.17, 15) is 9.59 Å². The summed E-state index contributed by atoms with van der Waals surface area (Å²) in [5.41, 5.74) is 5.78. The molecule has 0 saturated carbocycles. The van der Waals surface area contributed by atoms with Crippen molar-refractivity contribution in [1.29, 1.82) is 0 Å². The SMILES string of the molecule is CCN(C(=O)Cc1ccc(NC(=O)c2cnn(-c3cccc(C)c3)c2C)cc1)c1ccccc1. The molecule has 0 spiro atoms. The van der Waals surface area contributed by atoms with Gasteiger partial charge in [0, 0.05) is 17.9 Å². The minimum atomic E-state index is -0.221. The maximum Gasteiger partial charge on any atom is 0.259 e. The van der Waals surface area contributed by atoms with E-state index in [1.807, 2.05) is 99.6 Å². The van der Waals surface area contributed by atoms with Gasteiger partial charge in [-0.15, -0.1) is 0 Å². The number of carbonyl (C=O) groups is 2. The monoisotopic (exact) mass is 452 g/mol. The molecular weight excluding hydrogens is 424 g/mol. The first kappa shape index (κ1) is 23.0. The zero-order valence-electron chi connectivity index (χ0n) is 19.7. The first-order valence-corrected chi connectivity index (χ1v) is 11.3. The summed E-state index contributed by atoms with van der Waals surface area (Å²) in [7, 11) is 0. The van der Waals surface area contributed by atoms with Crippen molar-refractivity contribution in [3.05, 3.63) is 107 Å². The van der Waals surface area contributed by atoms with Gasteiger partial charge < -0.3 is 10.2 Å². The minimum Gasteiger partial charge on any atom is -0.322 e. The van der Waals surface area contributed by atoms with E-state index in [2.05, 4.69) is 10.4 Å². The Morgan fingerprint density at radius 3 is 2.35 bits per heavy atom. The van der Waals surface area contributed by atoms with Crippen molar-refractivity contribution >= 4 is 23.2 Å². The number of rotatable bonds is 7. The molecule has 4 rings (SSSR count). The van der Waals surface area contributed by atoms with Crippen LogP contribution >= 0.6 is 0 Å². The molecule has 0 saturated heterocycles. The van der Waals surface area contributed by atoms with E-state index in [0.29, 0.717) is 24.2 Å². The van der Waals surface area contributed by atoms with Gasteiger partial charge in [-0.1, -0.05) is 42.5 Å². The fraction of sp³-hybridized carbons (Fsp3) is 0.179. The summed E-state index contributed by atoms with van der Waals surface area (Å²) < 4.78 is 1.77. The summed E-state index contributed by atoms with van der Waals surface area (Å²) in [5.74, 6) is -0.189. The molecule has 0 unspecified atom stereocenters. The Balaban J connectivity index is 1.42. The van der Waals surface area contributed by atoms with Crippen LogP contribution in [0.5, 0.6) is 0 Å². The highest BCUT2D eigenvalue weighted by Gasteiger charge is 2.17. The van der Waals surface area contributed by atoms with Gasteiger partial charge in [0.2, 0.25) is 5.91 Å². The summed E-state index contributed by atoms with van der Waals surface area (Å²) in [5, 5.41) is 7.33. The van der Waals surface area contributed by atoms with Crippen molar-refractivity contribution in [1.82, 2.24) is 9.78 Å². The van der Waals surface area contributed by atoms with Crippen LogP contribution in [0.2, 0.25) is 0 Å². The second-order valence-corrected chi connectivity index (χ2v) is 8.20. The molecule has 1 aromatic heterocycles. The van der Waals surface area contributed by atoms with Crippen molar-refractivity contribution in [3.63, 3.8) is 0 Å². The summed E-state index contributed by atoms with van der Waals surface area (Å²) in [6, 6.07) is 25.0. The van der Waals surface area contributed by atoms with E-state index >= 15 is 0 Å². The molecule has 0 atom stereocenters. The second kappa shape index (κ2) is 10.2. The van der Waals surface area contributed by atoms with Crippen LogP contribution in [-0.4, -0.2) is 28.1 Å². The lowest BCUT2D eigenvalue weighted by Crippen LogP contribution is -2.31. The lowest BCUT2D eigenvalue weighted by molar-refractivity contribution is -0.117. The van der Waals surface area contributed by atoms with Crippen LogP contribution in [-0.2, 0) is 11.2 Å². The molecule has 0 aliphatic heterocycles. The van der Waals surface area contributed by atoms with Gasteiger partial charge in [0.1, 0.15) is 0 Å². The van der Waals surface area contributed by atoms with E-state index in [1.54, 1.807) is 15.8 Å². The third-order valence-electron chi connectivity index (χ3n) is 5.75. The predicted octanol–water partition coefficient (Wildman–Crippen LogP) is 5.34. The van der Waals surface area contributed by atoms with E-state index in [1.165, 1.54) is 0 Å². The van der Waals surface area contributed by atoms with Gasteiger partial charge in [-0.3, -0.25) is 9.59 Å². The Bertz CT molecular complexity index is 1290. The average molecular weight is 453 g/mol. The topological polar surface area (TPSA) is 67.2 Å². The molecule has 0 fully saturated rings. The average Bonchev–Trinajstić information content (AvgIpc) is 3.23. The Morgan fingerprint density at radius 1 is 0.941 bits per heavy atom. The molecule has 0 bridgehead atoms. The fourth-order valence-electron chi connectivity index (χ4n) is 3.94. The summed E-state index contributed by atoms with van der Waals surface area (Å²) in [6.07, 6.45) is 1.88. The number of nitrogens with zero attached hydrogens (tertiary/aromatic N) is 3. The molecular formula is C28H28N4O2. The highest BCUT2D eigenvalue weighted by Crippen LogP contribution is 2.19. The van der Waals surface area contributed by atoms with Gasteiger partial charge in [-0.05, 0) is 68.3 Å². The predicted molar refractivity (Wildman–Crippen MR) is 136 cm³/mol. The van der Waals surface area contributed by atoms with E-state index < -0.39 is 0 Å². The Kier molecular flexibility index (Phi) is 6.87. The van der Waals surface area contributed by atoms with Crippen LogP contribution in [0.3, 0.4) is 0 Å². The lowest BCUT2D eigenvalue weighted by Gasteiger charge is -2.21. The molecule has 1 N–H and O–H groups in total. The van der Waals surface area contributed by atoms with Crippen LogP contribution in [0.25, 0.3) is 5.69 Å². The van der Waals surface area contributed by atoms with Gasteiger partial charge in [0.25, 0.3) is 5.91 Å². The van der Waals surface area contributed by atoms with Gasteiger partial charge in [-0.2, -0.15) is 5.10 Å². The number of aromatic nitrogens is 2. The molecule has 1 heterocycles. The van der Waals surface area contributed by atoms with E-state index in [4.69, 9.17) is 0 Å². The number of benzene rings is 3. The smallest absolute Gasteiger partial charge is 0.259 e. The van der Waals surface area contributed by atoms with Gasteiger partial charge >= 0.3 is 0 Å². The van der Waals surface area contributed by atoms with Crippen LogP contribution in [0, 0.1) is 13.8 Å². The standard InChI is InChI=1S/C28H28N4O2/c1-4-31(24-10-6-5-7-11-24)27(33)18-22-13-15-23(16-14-22)30-28(34)26-19-29-32(21(26)3)25-12-8-9-20(2)17-25/h5-17,19H,4,18H2,1-3H3,(H,30,34). The highest BCUT2D eigenvalue weighted by molar-refractivity contribution is 6.05. The summed E-state index contributed by atoms with van der Waals surface area (Å²) in [6.45, 7) is 6.47. The van der Waals surface area contributed by atoms with Crippen LogP contribution in [0.15, 0.2) is 85.1 Å². The Labute approximate surface area is 199 Å². The van der Waals surface area contributed by atoms with Crippen LogP contribution in [0.4, 0.5) is 11.4 Å². The number of likely N-dealkylation sites (N-methyl/N-ethyl adjacent to an activating group) is 1. The number of carbonyl (C=O) groups excluding carboxylic acids is 2. The largest absolute Gasteiger partial charge is 0.322 e. The van der Waals surface area contributed by atoms with Crippen molar-refractivity contribution in [2.24, 2.45) is 0 Å². The number of aryl methyl sites for hydroxylation is 1. The lowest BCUT2D eigenvalue weighted by atomic mass is 10.1. The maximum absolute atomic E-state index is 12.9. The molecule has 6 heteroatoms. The van der Waals surface area contributed by atoms with Crippen LogP contribution < -0.4 is 10.2 Å². The molecule has 6 nitrogen and oxygen atoms in total. The van der Waals surface area contributed by atoms with Crippen LogP contribution in [0.1, 0.15) is 34.1 Å². The van der Waals surface area contributed by atoms with Crippen molar-refractivity contribution in [3.8, 4) is 5.69 Å². The third-order valence-corrected chi connectivity index (χ3v) is 5.75. The quantitative estimate of drug-likeness (QED) is 0.412. The van der Waals surface area contributed by atoms with Crippen molar-refractivity contribution in [2.45, 2.75) is 27.2 Å². The third kappa shape index (κ3) is 5.07. The highest BCUT2D eigenvalue weighted by atomic mass is 16.2. The normalized spacial score (nSPS) is 10.7. The molecule has 0 radical (unpaired) electrons. The zero-order valence-corrected chi connectivity index (χ0v) is 19.7. The fourth-order valence-corrected chi connectivity index (χ4v) is 3.94. The van der Waals surface area contributed by atoms with Gasteiger partial charge in [0.05, 0.1) is 29.6 Å². The van der Waals surface area contributed by atoms with Crippen molar-refractivity contribution < 1.29 is 9.59 Å².